The number of carbonyl (C=O) groups is 1. The zero-order valence-corrected chi connectivity index (χ0v) is 11.1. The van der Waals surface area contributed by atoms with E-state index in [4.69, 9.17) is 16.9 Å². The van der Waals surface area contributed by atoms with Crippen LogP contribution in [0, 0.1) is 21.4 Å². The van der Waals surface area contributed by atoms with Crippen molar-refractivity contribution in [1.29, 1.82) is 5.26 Å². The fourth-order valence-corrected chi connectivity index (χ4v) is 1.49. The summed E-state index contributed by atoms with van der Waals surface area (Å²) in [5.74, 6) is -0.602. The molecular formula is C13H10ClN3O3. The molecule has 0 aliphatic heterocycles. The van der Waals surface area contributed by atoms with Crippen molar-refractivity contribution in [3.8, 4) is 6.07 Å². The van der Waals surface area contributed by atoms with Gasteiger partial charge in [-0.05, 0) is 12.1 Å². The van der Waals surface area contributed by atoms with Crippen molar-refractivity contribution in [3.05, 3.63) is 57.1 Å². The lowest BCUT2D eigenvalue weighted by atomic mass is 10.1. The highest BCUT2D eigenvalue weighted by atomic mass is 35.5. The molecule has 0 saturated heterocycles. The van der Waals surface area contributed by atoms with Crippen LogP contribution in [0.1, 0.15) is 5.56 Å². The summed E-state index contributed by atoms with van der Waals surface area (Å²) < 4.78 is 0. The van der Waals surface area contributed by atoms with E-state index in [0.717, 1.165) is 0 Å². The summed E-state index contributed by atoms with van der Waals surface area (Å²) in [7, 11) is 0. The smallest absolute Gasteiger partial charge is 0.270 e. The highest BCUT2D eigenvalue weighted by Crippen LogP contribution is 2.24. The number of hydrogen-bond acceptors (Lipinski definition) is 4. The molecule has 0 bridgehead atoms. The molecule has 1 amide bonds. The van der Waals surface area contributed by atoms with Gasteiger partial charge in [0.05, 0.1) is 4.92 Å². The molecule has 1 rings (SSSR count). The van der Waals surface area contributed by atoms with Gasteiger partial charge in [-0.2, -0.15) is 5.26 Å². The highest BCUT2D eigenvalue weighted by Gasteiger charge is 2.12. The minimum atomic E-state index is -0.602. The van der Waals surface area contributed by atoms with Crippen LogP contribution >= 0.6 is 11.6 Å². The molecule has 0 unspecified atom stereocenters. The molecule has 0 aliphatic carbocycles. The fraction of sp³-hybridized carbons (Fsp3) is 0.0769. The maximum Gasteiger partial charge on any atom is 0.270 e. The van der Waals surface area contributed by atoms with E-state index in [1.165, 1.54) is 30.4 Å². The van der Waals surface area contributed by atoms with Gasteiger partial charge >= 0.3 is 0 Å². The number of nitrogens with zero attached hydrogens (tertiary/aromatic N) is 2. The molecule has 6 nitrogen and oxygen atoms in total. The van der Waals surface area contributed by atoms with Gasteiger partial charge in [-0.15, -0.1) is 6.58 Å². The summed E-state index contributed by atoms with van der Waals surface area (Å²) in [6.45, 7) is 3.64. The number of amides is 1. The van der Waals surface area contributed by atoms with Crippen molar-refractivity contribution in [3.63, 3.8) is 0 Å². The molecule has 1 N–H and O–H groups in total. The Morgan fingerprint density at radius 3 is 2.85 bits per heavy atom. The molecule has 1 aromatic carbocycles. The van der Waals surface area contributed by atoms with Gasteiger partial charge in [0.2, 0.25) is 0 Å². The average Bonchev–Trinajstić information content (AvgIpc) is 2.43. The Bertz CT molecular complexity index is 632. The Balaban J connectivity index is 3.15. The van der Waals surface area contributed by atoms with Gasteiger partial charge in [-0.3, -0.25) is 14.9 Å². The molecule has 20 heavy (non-hydrogen) atoms. The molecule has 7 heteroatoms. The van der Waals surface area contributed by atoms with E-state index in [0.29, 0.717) is 0 Å². The van der Waals surface area contributed by atoms with Crippen LogP contribution in [-0.2, 0) is 4.79 Å². The second-order valence-corrected chi connectivity index (χ2v) is 4.04. The topological polar surface area (TPSA) is 96.0 Å². The van der Waals surface area contributed by atoms with Crippen LogP contribution in [0.15, 0.2) is 36.4 Å². The van der Waals surface area contributed by atoms with Gasteiger partial charge < -0.3 is 5.32 Å². The predicted molar refractivity (Wildman–Crippen MR) is 74.9 cm³/mol. The third kappa shape index (κ3) is 3.93. The first-order chi connectivity index (χ1) is 9.49. The number of non-ortho nitro benzene ring substituents is 1. The Morgan fingerprint density at radius 1 is 1.60 bits per heavy atom. The second kappa shape index (κ2) is 7.07. The SMILES string of the molecule is C=CCNC(=O)/C(C#N)=C/c1cc([N+](=O)[O-])ccc1Cl. The lowest BCUT2D eigenvalue weighted by Crippen LogP contribution is -2.24. The van der Waals surface area contributed by atoms with Gasteiger partial charge in [0.1, 0.15) is 11.6 Å². The van der Waals surface area contributed by atoms with Crippen LogP contribution in [0.2, 0.25) is 5.02 Å². The molecule has 0 aromatic heterocycles. The van der Waals surface area contributed by atoms with E-state index < -0.39 is 10.8 Å². The van der Waals surface area contributed by atoms with Crippen LogP contribution in [-0.4, -0.2) is 17.4 Å². The largest absolute Gasteiger partial charge is 0.348 e. The van der Waals surface area contributed by atoms with Crippen molar-refractivity contribution in [1.82, 2.24) is 5.32 Å². The molecule has 0 saturated carbocycles. The summed E-state index contributed by atoms with van der Waals surface area (Å²) in [5, 5.41) is 22.3. The van der Waals surface area contributed by atoms with Gasteiger partial charge in [0.15, 0.2) is 0 Å². The number of nitriles is 1. The highest BCUT2D eigenvalue weighted by molar-refractivity contribution is 6.32. The van der Waals surface area contributed by atoms with Crippen molar-refractivity contribution < 1.29 is 9.72 Å². The Labute approximate surface area is 120 Å². The summed E-state index contributed by atoms with van der Waals surface area (Å²) >= 11 is 5.89. The molecule has 0 aliphatic rings. The first kappa shape index (κ1) is 15.4. The summed E-state index contributed by atoms with van der Waals surface area (Å²) in [4.78, 5) is 21.7. The van der Waals surface area contributed by atoms with E-state index in [1.807, 2.05) is 0 Å². The van der Waals surface area contributed by atoms with Crippen LogP contribution in [0.3, 0.4) is 0 Å². The van der Waals surface area contributed by atoms with E-state index in [1.54, 1.807) is 6.07 Å². The number of nitro groups is 1. The van der Waals surface area contributed by atoms with Crippen LogP contribution < -0.4 is 5.32 Å². The Hall–Kier alpha value is -2.65. The first-order valence-corrected chi connectivity index (χ1v) is 5.82. The molecular weight excluding hydrogens is 282 g/mol. The average molecular weight is 292 g/mol. The van der Waals surface area contributed by atoms with E-state index in [9.17, 15) is 14.9 Å². The van der Waals surface area contributed by atoms with E-state index in [-0.39, 0.29) is 28.4 Å². The standard InChI is InChI=1S/C13H10ClN3O3/c1-2-5-16-13(18)10(8-15)6-9-7-11(17(19)20)3-4-12(9)14/h2-4,6-7H,1,5H2,(H,16,18)/b10-6+. The zero-order valence-electron chi connectivity index (χ0n) is 10.3. The molecule has 0 radical (unpaired) electrons. The summed E-state index contributed by atoms with van der Waals surface area (Å²) in [6.07, 6.45) is 2.67. The predicted octanol–water partition coefficient (Wildman–Crippen LogP) is 2.46. The Kier molecular flexibility index (Phi) is 5.44. The Morgan fingerprint density at radius 2 is 2.30 bits per heavy atom. The second-order valence-electron chi connectivity index (χ2n) is 3.63. The van der Waals surface area contributed by atoms with Gasteiger partial charge in [-0.25, -0.2) is 0 Å². The minimum absolute atomic E-state index is 0.176. The lowest BCUT2D eigenvalue weighted by molar-refractivity contribution is -0.384. The molecule has 102 valence electrons. The molecule has 0 heterocycles. The minimum Gasteiger partial charge on any atom is -0.348 e. The third-order valence-corrected chi connectivity index (χ3v) is 2.61. The van der Waals surface area contributed by atoms with Crippen molar-refractivity contribution in [2.75, 3.05) is 6.54 Å². The maximum absolute atomic E-state index is 11.6. The van der Waals surface area contributed by atoms with Crippen LogP contribution in [0.4, 0.5) is 5.69 Å². The molecule has 1 aromatic rings. The lowest BCUT2D eigenvalue weighted by Gasteiger charge is -2.02. The maximum atomic E-state index is 11.6. The van der Waals surface area contributed by atoms with Gasteiger partial charge in [-0.1, -0.05) is 17.7 Å². The van der Waals surface area contributed by atoms with E-state index in [2.05, 4.69) is 11.9 Å². The number of halogens is 1. The molecule has 0 atom stereocenters. The summed E-state index contributed by atoms with van der Waals surface area (Å²) in [5.41, 5.74) is -0.148. The van der Waals surface area contributed by atoms with Gasteiger partial charge in [0.25, 0.3) is 11.6 Å². The molecule has 0 fully saturated rings. The van der Waals surface area contributed by atoms with Crippen molar-refractivity contribution >= 4 is 29.3 Å². The number of rotatable bonds is 5. The van der Waals surface area contributed by atoms with Crippen molar-refractivity contribution in [2.24, 2.45) is 0 Å². The van der Waals surface area contributed by atoms with Crippen LogP contribution in [0.25, 0.3) is 6.08 Å². The monoisotopic (exact) mass is 291 g/mol. The number of nitro benzene ring substituents is 1. The zero-order chi connectivity index (χ0) is 15.1. The fourth-order valence-electron chi connectivity index (χ4n) is 1.32. The van der Waals surface area contributed by atoms with E-state index >= 15 is 0 Å². The quantitative estimate of drug-likeness (QED) is 0.296. The third-order valence-electron chi connectivity index (χ3n) is 2.26. The van der Waals surface area contributed by atoms with Crippen molar-refractivity contribution in [2.45, 2.75) is 0 Å². The number of carbonyl (C=O) groups excluding carboxylic acids is 1. The number of nitrogens with one attached hydrogen (secondary N) is 1. The van der Waals surface area contributed by atoms with Crippen LogP contribution in [0.5, 0.6) is 0 Å². The number of hydrogen-bond donors (Lipinski definition) is 1. The normalized spacial score (nSPS) is 10.5. The van der Waals surface area contributed by atoms with Gasteiger partial charge in [0, 0.05) is 29.3 Å². The summed E-state index contributed by atoms with van der Waals surface area (Å²) in [6, 6.07) is 5.49. The number of benzene rings is 1. The molecule has 0 spiro atoms. The first-order valence-electron chi connectivity index (χ1n) is 5.44.